The number of carbonyl (C=O) groups excluding carboxylic acids is 2. The summed E-state index contributed by atoms with van der Waals surface area (Å²) in [5.74, 6) is -1.54. The minimum Gasteiger partial charge on any atom is -0.481 e. The summed E-state index contributed by atoms with van der Waals surface area (Å²) in [5.41, 5.74) is 0.654. The zero-order valence-electron chi connectivity index (χ0n) is 14.6. The zero-order valence-corrected chi connectivity index (χ0v) is 15.4. The maximum Gasteiger partial charge on any atom is 0.305 e. The minimum absolute atomic E-state index is 0.0340. The number of halogens is 1. The van der Waals surface area contributed by atoms with Crippen LogP contribution in [0, 0.1) is 5.92 Å². The average Bonchev–Trinajstić information content (AvgIpc) is 2.61. The Balaban J connectivity index is 1.97. The number of carbonyl (C=O) groups is 3. The number of carboxylic acids is 1. The summed E-state index contributed by atoms with van der Waals surface area (Å²) in [6.07, 6.45) is 0.852. The fraction of sp³-hybridized carbons (Fsp3) is 0.500. The number of benzene rings is 1. The van der Waals surface area contributed by atoms with E-state index in [2.05, 4.69) is 5.32 Å². The molecule has 1 aliphatic rings. The Hall–Kier alpha value is -2.12. The largest absolute Gasteiger partial charge is 0.481 e. The third-order valence-electron chi connectivity index (χ3n) is 4.43. The van der Waals surface area contributed by atoms with Crippen LogP contribution in [0.25, 0.3) is 0 Å². The monoisotopic (exact) mass is 382 g/mol. The molecule has 0 radical (unpaired) electrons. The van der Waals surface area contributed by atoms with E-state index in [0.29, 0.717) is 36.5 Å². The van der Waals surface area contributed by atoms with Gasteiger partial charge in [0.25, 0.3) is 0 Å². The van der Waals surface area contributed by atoms with Crippen LogP contribution in [-0.4, -0.2) is 54.6 Å². The third-order valence-corrected chi connectivity index (χ3v) is 4.67. The molecule has 0 bridgehead atoms. The van der Waals surface area contributed by atoms with Crippen LogP contribution in [0.2, 0.25) is 5.02 Å². The molecule has 1 aliphatic heterocycles. The van der Waals surface area contributed by atoms with Crippen molar-refractivity contribution < 1.29 is 24.2 Å². The van der Waals surface area contributed by atoms with E-state index in [-0.39, 0.29) is 30.8 Å². The molecule has 1 aromatic carbocycles. The van der Waals surface area contributed by atoms with Crippen molar-refractivity contribution in [1.82, 2.24) is 10.2 Å². The molecule has 2 amide bonds. The highest BCUT2D eigenvalue weighted by atomic mass is 35.5. The lowest BCUT2D eigenvalue weighted by Crippen LogP contribution is -2.44. The van der Waals surface area contributed by atoms with Crippen molar-refractivity contribution in [3.8, 4) is 0 Å². The highest BCUT2D eigenvalue weighted by molar-refractivity contribution is 6.30. The lowest BCUT2D eigenvalue weighted by molar-refractivity contribution is -0.140. The molecule has 142 valence electrons. The molecule has 1 atom stereocenters. The number of piperidine rings is 1. The van der Waals surface area contributed by atoms with Gasteiger partial charge in [0.1, 0.15) is 6.61 Å². The van der Waals surface area contributed by atoms with Crippen molar-refractivity contribution in [3.05, 3.63) is 34.9 Å². The standard InChI is InChI=1S/C18H23ClN2O5/c1-26-11-16(22)21-7-5-12(6-8-21)18(25)20-15(10-17(23)24)13-3-2-4-14(19)9-13/h2-4,9,12,15H,5-8,10-11H2,1H3,(H,20,25)(H,23,24)/t15-/m1/s1. The fourth-order valence-electron chi connectivity index (χ4n) is 3.05. The molecule has 0 unspecified atom stereocenters. The SMILES string of the molecule is COCC(=O)N1CCC(C(=O)N[C@H](CC(=O)O)c2cccc(Cl)c2)CC1. The number of carboxylic acid groups (broad SMARTS) is 1. The first-order valence-corrected chi connectivity index (χ1v) is 8.83. The Morgan fingerprint density at radius 2 is 2.04 bits per heavy atom. The molecule has 0 aliphatic carbocycles. The van der Waals surface area contributed by atoms with Gasteiger partial charge < -0.3 is 20.1 Å². The number of nitrogens with zero attached hydrogens (tertiary/aromatic N) is 1. The number of rotatable bonds is 7. The second-order valence-corrected chi connectivity index (χ2v) is 6.74. The quantitative estimate of drug-likeness (QED) is 0.750. The normalized spacial score (nSPS) is 16.2. The molecule has 1 aromatic rings. The molecule has 26 heavy (non-hydrogen) atoms. The zero-order chi connectivity index (χ0) is 19.1. The Morgan fingerprint density at radius 3 is 2.62 bits per heavy atom. The van der Waals surface area contributed by atoms with Gasteiger partial charge in [0, 0.05) is 31.1 Å². The molecule has 1 fully saturated rings. The second-order valence-electron chi connectivity index (χ2n) is 6.30. The van der Waals surface area contributed by atoms with Crippen LogP contribution in [-0.2, 0) is 19.1 Å². The molecular formula is C18H23ClN2O5. The molecule has 7 nitrogen and oxygen atoms in total. The molecule has 0 saturated carbocycles. The van der Waals surface area contributed by atoms with Gasteiger partial charge in [0.15, 0.2) is 0 Å². The summed E-state index contributed by atoms with van der Waals surface area (Å²) < 4.78 is 4.84. The van der Waals surface area contributed by atoms with Crippen molar-refractivity contribution in [2.75, 3.05) is 26.8 Å². The summed E-state index contributed by atoms with van der Waals surface area (Å²) in [7, 11) is 1.47. The summed E-state index contributed by atoms with van der Waals surface area (Å²) >= 11 is 5.97. The topological polar surface area (TPSA) is 95.9 Å². The summed E-state index contributed by atoms with van der Waals surface area (Å²) in [6, 6.07) is 6.16. The number of hydrogen-bond acceptors (Lipinski definition) is 4. The number of amides is 2. The molecule has 1 saturated heterocycles. The van der Waals surface area contributed by atoms with E-state index in [1.807, 2.05) is 0 Å². The number of hydrogen-bond donors (Lipinski definition) is 2. The van der Waals surface area contributed by atoms with Crippen LogP contribution in [0.1, 0.15) is 30.9 Å². The van der Waals surface area contributed by atoms with Gasteiger partial charge in [-0.1, -0.05) is 23.7 Å². The molecule has 2 N–H and O–H groups in total. The van der Waals surface area contributed by atoms with E-state index >= 15 is 0 Å². The Kier molecular flexibility index (Phi) is 7.41. The first-order chi connectivity index (χ1) is 12.4. The minimum atomic E-state index is -1.00. The van der Waals surface area contributed by atoms with E-state index in [1.54, 1.807) is 29.2 Å². The van der Waals surface area contributed by atoms with Crippen molar-refractivity contribution in [3.63, 3.8) is 0 Å². The smallest absolute Gasteiger partial charge is 0.305 e. The highest BCUT2D eigenvalue weighted by Gasteiger charge is 2.29. The molecular weight excluding hydrogens is 360 g/mol. The van der Waals surface area contributed by atoms with E-state index in [4.69, 9.17) is 21.4 Å². The summed E-state index contributed by atoms with van der Waals surface area (Å²) in [5, 5.41) is 12.5. The van der Waals surface area contributed by atoms with Crippen LogP contribution in [0.5, 0.6) is 0 Å². The Bertz CT molecular complexity index is 659. The number of nitrogens with one attached hydrogen (secondary N) is 1. The van der Waals surface area contributed by atoms with Gasteiger partial charge in [-0.05, 0) is 30.5 Å². The first-order valence-electron chi connectivity index (χ1n) is 8.45. The number of ether oxygens (including phenoxy) is 1. The average molecular weight is 383 g/mol. The summed E-state index contributed by atoms with van der Waals surface area (Å²) in [6.45, 7) is 1.01. The highest BCUT2D eigenvalue weighted by Crippen LogP contribution is 2.23. The van der Waals surface area contributed by atoms with Crippen molar-refractivity contribution in [2.24, 2.45) is 5.92 Å². The van der Waals surface area contributed by atoms with Crippen LogP contribution >= 0.6 is 11.6 Å². The van der Waals surface area contributed by atoms with E-state index < -0.39 is 12.0 Å². The van der Waals surface area contributed by atoms with E-state index in [1.165, 1.54) is 7.11 Å². The number of likely N-dealkylation sites (tertiary alicyclic amines) is 1. The number of aliphatic carboxylic acids is 1. The lowest BCUT2D eigenvalue weighted by atomic mass is 9.94. The fourth-order valence-corrected chi connectivity index (χ4v) is 3.24. The maximum atomic E-state index is 12.6. The van der Waals surface area contributed by atoms with Gasteiger partial charge in [-0.15, -0.1) is 0 Å². The Labute approximate surface area is 157 Å². The third kappa shape index (κ3) is 5.71. The van der Waals surface area contributed by atoms with Crippen LogP contribution in [0.15, 0.2) is 24.3 Å². The van der Waals surface area contributed by atoms with Crippen molar-refractivity contribution in [1.29, 1.82) is 0 Å². The summed E-state index contributed by atoms with van der Waals surface area (Å²) in [4.78, 5) is 37.2. The lowest BCUT2D eigenvalue weighted by Gasteiger charge is -2.32. The van der Waals surface area contributed by atoms with Gasteiger partial charge in [-0.3, -0.25) is 14.4 Å². The Morgan fingerprint density at radius 1 is 1.35 bits per heavy atom. The first kappa shape index (κ1) is 20.2. The molecule has 1 heterocycles. The van der Waals surface area contributed by atoms with Gasteiger partial charge in [-0.2, -0.15) is 0 Å². The maximum absolute atomic E-state index is 12.6. The van der Waals surface area contributed by atoms with Gasteiger partial charge in [0.05, 0.1) is 12.5 Å². The van der Waals surface area contributed by atoms with Gasteiger partial charge in [0.2, 0.25) is 11.8 Å². The van der Waals surface area contributed by atoms with Crippen LogP contribution in [0.3, 0.4) is 0 Å². The van der Waals surface area contributed by atoms with Gasteiger partial charge >= 0.3 is 5.97 Å². The van der Waals surface area contributed by atoms with Gasteiger partial charge in [-0.25, -0.2) is 0 Å². The van der Waals surface area contributed by atoms with E-state index in [9.17, 15) is 14.4 Å². The second kappa shape index (κ2) is 9.54. The molecule has 8 heteroatoms. The van der Waals surface area contributed by atoms with E-state index in [0.717, 1.165) is 0 Å². The molecule has 0 spiro atoms. The van der Waals surface area contributed by atoms with Crippen LogP contribution < -0.4 is 5.32 Å². The molecule has 0 aromatic heterocycles. The van der Waals surface area contributed by atoms with Crippen LogP contribution in [0.4, 0.5) is 0 Å². The van der Waals surface area contributed by atoms with Crippen molar-refractivity contribution in [2.45, 2.75) is 25.3 Å². The van der Waals surface area contributed by atoms with Crippen molar-refractivity contribution >= 4 is 29.4 Å². The number of methoxy groups -OCH3 is 1. The molecule has 2 rings (SSSR count). The predicted molar refractivity (Wildman–Crippen MR) is 95.8 cm³/mol. The predicted octanol–water partition coefficient (Wildman–Crippen LogP) is 1.86.